The Balaban J connectivity index is 2.01. The minimum Gasteiger partial charge on any atom is -0.465 e. The van der Waals surface area contributed by atoms with E-state index in [1.54, 1.807) is 13.0 Å². The number of aliphatic imine (C=N–C) groups is 1. The van der Waals surface area contributed by atoms with E-state index in [4.69, 9.17) is 13.9 Å². The third-order valence-electron chi connectivity index (χ3n) is 4.24. The van der Waals surface area contributed by atoms with Crippen molar-refractivity contribution in [3.63, 3.8) is 0 Å². The number of carbonyl (C=O) groups excluding carboxylic acids is 1. The Morgan fingerprint density at radius 2 is 2.12 bits per heavy atom. The number of carbonyl (C=O) groups is 1. The van der Waals surface area contributed by atoms with Gasteiger partial charge in [-0.15, -0.1) is 0 Å². The first kappa shape index (κ1) is 19.3. The fourth-order valence-corrected chi connectivity index (χ4v) is 2.98. The molecule has 0 atom stereocenters. The summed E-state index contributed by atoms with van der Waals surface area (Å²) in [5.74, 6) is 1.68. The van der Waals surface area contributed by atoms with Gasteiger partial charge in [0.05, 0.1) is 13.2 Å². The molecule has 1 saturated heterocycles. The lowest BCUT2D eigenvalue weighted by Crippen LogP contribution is -2.47. The number of guanidine groups is 1. The predicted octanol–water partition coefficient (Wildman–Crippen LogP) is 2.34. The van der Waals surface area contributed by atoms with Crippen LogP contribution in [-0.4, -0.2) is 56.3 Å². The number of methoxy groups -OCH3 is 1. The van der Waals surface area contributed by atoms with Gasteiger partial charge in [0.1, 0.15) is 23.6 Å². The van der Waals surface area contributed by atoms with E-state index in [0.29, 0.717) is 29.7 Å². The maximum Gasteiger partial charge on any atom is 0.341 e. The van der Waals surface area contributed by atoms with Gasteiger partial charge in [0.25, 0.3) is 0 Å². The molecule has 7 heteroatoms. The summed E-state index contributed by atoms with van der Waals surface area (Å²) < 4.78 is 16.1. The number of aryl methyl sites for hydroxylation is 1. The lowest BCUT2D eigenvalue weighted by molar-refractivity contribution is 0.0263. The van der Waals surface area contributed by atoms with E-state index < -0.39 is 0 Å². The molecular formula is C18H29N3O4. The second-order valence-corrected chi connectivity index (χ2v) is 5.99. The quantitative estimate of drug-likeness (QED) is 0.482. The van der Waals surface area contributed by atoms with E-state index in [9.17, 15) is 4.79 Å². The Labute approximate surface area is 149 Å². The summed E-state index contributed by atoms with van der Waals surface area (Å²) in [5, 5.41) is 3.33. The van der Waals surface area contributed by atoms with Gasteiger partial charge in [-0.3, -0.25) is 0 Å². The van der Waals surface area contributed by atoms with Crippen LogP contribution in [0.1, 0.15) is 48.6 Å². The molecule has 1 fully saturated rings. The monoisotopic (exact) mass is 351 g/mol. The van der Waals surface area contributed by atoms with Crippen molar-refractivity contribution in [3.8, 4) is 0 Å². The Bertz CT molecular complexity index is 589. The van der Waals surface area contributed by atoms with Gasteiger partial charge in [-0.05, 0) is 39.7 Å². The Morgan fingerprint density at radius 3 is 2.72 bits per heavy atom. The Hall–Kier alpha value is -2.02. The van der Waals surface area contributed by atoms with Crippen molar-refractivity contribution >= 4 is 11.9 Å². The fourth-order valence-electron chi connectivity index (χ4n) is 2.98. The van der Waals surface area contributed by atoms with Gasteiger partial charge in [-0.1, -0.05) is 0 Å². The van der Waals surface area contributed by atoms with E-state index in [2.05, 4.69) is 22.1 Å². The second-order valence-electron chi connectivity index (χ2n) is 5.99. The van der Waals surface area contributed by atoms with Gasteiger partial charge in [0.2, 0.25) is 0 Å². The van der Waals surface area contributed by atoms with Gasteiger partial charge in [0.15, 0.2) is 5.96 Å². The molecule has 0 aromatic carbocycles. The van der Waals surface area contributed by atoms with Gasteiger partial charge >= 0.3 is 5.97 Å². The van der Waals surface area contributed by atoms with Crippen LogP contribution in [0.15, 0.2) is 15.5 Å². The van der Waals surface area contributed by atoms with E-state index in [1.807, 2.05) is 6.92 Å². The number of nitrogens with zero attached hydrogens (tertiary/aromatic N) is 2. The topological polar surface area (TPSA) is 76.3 Å². The van der Waals surface area contributed by atoms with Crippen LogP contribution in [0.3, 0.4) is 0 Å². The van der Waals surface area contributed by atoms with Crippen LogP contribution in [0.25, 0.3) is 0 Å². The molecule has 2 rings (SSSR count). The third kappa shape index (κ3) is 5.22. The van der Waals surface area contributed by atoms with E-state index >= 15 is 0 Å². The van der Waals surface area contributed by atoms with Crippen molar-refractivity contribution in [2.75, 3.05) is 33.4 Å². The molecule has 2 heterocycles. The lowest BCUT2D eigenvalue weighted by Gasteiger charge is -2.34. The number of hydrogen-bond acceptors (Lipinski definition) is 5. The van der Waals surface area contributed by atoms with Gasteiger partial charge < -0.3 is 24.1 Å². The number of likely N-dealkylation sites (tertiary alicyclic amines) is 1. The molecular weight excluding hydrogens is 322 g/mol. The average Bonchev–Trinajstić information content (AvgIpc) is 3.00. The van der Waals surface area contributed by atoms with Crippen molar-refractivity contribution in [2.24, 2.45) is 4.99 Å². The smallest absolute Gasteiger partial charge is 0.341 e. The fraction of sp³-hybridized carbons (Fsp3) is 0.667. The summed E-state index contributed by atoms with van der Waals surface area (Å²) in [4.78, 5) is 18.6. The van der Waals surface area contributed by atoms with Gasteiger partial charge in [0, 0.05) is 26.2 Å². The first-order chi connectivity index (χ1) is 12.1. The first-order valence-corrected chi connectivity index (χ1v) is 8.91. The van der Waals surface area contributed by atoms with Crippen LogP contribution < -0.4 is 5.32 Å². The summed E-state index contributed by atoms with van der Waals surface area (Å²) in [5.41, 5.74) is 0.454. The van der Waals surface area contributed by atoms with E-state index in [1.165, 1.54) is 7.11 Å². The van der Waals surface area contributed by atoms with Crippen molar-refractivity contribution in [1.82, 2.24) is 10.2 Å². The molecule has 25 heavy (non-hydrogen) atoms. The van der Waals surface area contributed by atoms with Crippen molar-refractivity contribution in [2.45, 2.75) is 46.3 Å². The molecule has 0 amide bonds. The highest BCUT2D eigenvalue weighted by Gasteiger charge is 2.22. The maximum atomic E-state index is 11.7. The number of rotatable bonds is 6. The number of hydrogen-bond donors (Lipinski definition) is 1. The largest absolute Gasteiger partial charge is 0.465 e. The molecule has 0 radical (unpaired) electrons. The second kappa shape index (κ2) is 9.46. The molecule has 1 N–H and O–H groups in total. The molecule has 1 aromatic heterocycles. The predicted molar refractivity (Wildman–Crippen MR) is 95.8 cm³/mol. The Kier molecular flexibility index (Phi) is 7.31. The van der Waals surface area contributed by atoms with Crippen molar-refractivity contribution < 1.29 is 18.7 Å². The Morgan fingerprint density at radius 1 is 1.40 bits per heavy atom. The van der Waals surface area contributed by atoms with Crippen molar-refractivity contribution in [3.05, 3.63) is 23.2 Å². The SMILES string of the molecule is CCNC(=NCc1cc(C(=O)OC)c(C)o1)N1CCC(OCC)CC1. The standard InChI is InChI=1S/C18H29N3O4/c1-5-19-18(21-9-7-14(8-10-21)24-6-2)20-12-15-11-16(13(3)25-15)17(22)23-4/h11,14H,5-10,12H2,1-4H3,(H,19,20). The highest BCUT2D eigenvalue weighted by molar-refractivity contribution is 5.90. The summed E-state index contributed by atoms with van der Waals surface area (Å²) in [6, 6.07) is 1.70. The maximum absolute atomic E-state index is 11.7. The molecule has 1 aromatic rings. The summed E-state index contributed by atoms with van der Waals surface area (Å²) in [6.07, 6.45) is 2.36. The number of ether oxygens (including phenoxy) is 2. The van der Waals surface area contributed by atoms with E-state index in [0.717, 1.165) is 45.0 Å². The number of nitrogens with one attached hydrogen (secondary N) is 1. The normalized spacial score (nSPS) is 16.2. The molecule has 7 nitrogen and oxygen atoms in total. The number of esters is 1. The summed E-state index contributed by atoms with van der Waals surface area (Å²) in [6.45, 7) is 9.62. The molecule has 0 bridgehead atoms. The van der Waals surface area contributed by atoms with Crippen LogP contribution in [-0.2, 0) is 16.0 Å². The number of piperidine rings is 1. The molecule has 0 spiro atoms. The van der Waals surface area contributed by atoms with Crippen LogP contribution in [0.2, 0.25) is 0 Å². The third-order valence-corrected chi connectivity index (χ3v) is 4.24. The molecule has 0 unspecified atom stereocenters. The summed E-state index contributed by atoms with van der Waals surface area (Å²) >= 11 is 0. The average molecular weight is 351 g/mol. The van der Waals surface area contributed by atoms with Crippen LogP contribution in [0.4, 0.5) is 0 Å². The van der Waals surface area contributed by atoms with Crippen LogP contribution >= 0.6 is 0 Å². The van der Waals surface area contributed by atoms with Crippen LogP contribution in [0, 0.1) is 6.92 Å². The summed E-state index contributed by atoms with van der Waals surface area (Å²) in [7, 11) is 1.36. The van der Waals surface area contributed by atoms with Gasteiger partial charge in [-0.25, -0.2) is 9.79 Å². The number of furan rings is 1. The molecule has 1 aliphatic rings. The lowest BCUT2D eigenvalue weighted by atomic mass is 10.1. The molecule has 1 aliphatic heterocycles. The molecule has 0 saturated carbocycles. The molecule has 140 valence electrons. The minimum atomic E-state index is -0.388. The molecule has 0 aliphatic carbocycles. The highest BCUT2D eigenvalue weighted by atomic mass is 16.5. The zero-order valence-corrected chi connectivity index (χ0v) is 15.6. The van der Waals surface area contributed by atoms with Crippen molar-refractivity contribution in [1.29, 1.82) is 0 Å². The van der Waals surface area contributed by atoms with Crippen LogP contribution in [0.5, 0.6) is 0 Å². The zero-order valence-electron chi connectivity index (χ0n) is 15.6. The van der Waals surface area contributed by atoms with Gasteiger partial charge in [-0.2, -0.15) is 0 Å². The highest BCUT2D eigenvalue weighted by Crippen LogP contribution is 2.17. The first-order valence-electron chi connectivity index (χ1n) is 8.91. The minimum absolute atomic E-state index is 0.347. The van der Waals surface area contributed by atoms with E-state index in [-0.39, 0.29) is 5.97 Å². The zero-order chi connectivity index (χ0) is 18.2.